The van der Waals surface area contributed by atoms with Gasteiger partial charge in [0.1, 0.15) is 11.5 Å². The number of nitrogens with one attached hydrogen (secondary N) is 2. The van der Waals surface area contributed by atoms with Crippen LogP contribution in [0.1, 0.15) is 0 Å². The molecule has 0 saturated carbocycles. The molecule has 6 heteroatoms. The number of carbonyl (C=O) groups is 1. The van der Waals surface area contributed by atoms with Crippen LogP contribution >= 0.6 is 0 Å². The second kappa shape index (κ2) is 7.40. The Morgan fingerprint density at radius 3 is 1.87 bits per heavy atom. The highest BCUT2D eigenvalue weighted by Crippen LogP contribution is 2.26. The molecule has 6 nitrogen and oxygen atoms in total. The van der Waals surface area contributed by atoms with Gasteiger partial charge in [-0.1, -0.05) is 0 Å². The Balaban J connectivity index is 2.04. The van der Waals surface area contributed by atoms with Crippen LogP contribution in [0.4, 0.5) is 21.9 Å². The molecular formula is C17H21N3O3. The second-order valence-corrected chi connectivity index (χ2v) is 5.12. The SMILES string of the molecule is COc1cc(NC(=O)Nc2ccc(N(C)C)cc2)cc(OC)c1. The molecule has 23 heavy (non-hydrogen) atoms. The van der Waals surface area contributed by atoms with E-state index in [9.17, 15) is 4.79 Å². The molecule has 2 rings (SSSR count). The molecule has 2 amide bonds. The average molecular weight is 315 g/mol. The molecule has 0 aliphatic heterocycles. The summed E-state index contributed by atoms with van der Waals surface area (Å²) < 4.78 is 10.4. The van der Waals surface area contributed by atoms with Crippen molar-refractivity contribution in [2.24, 2.45) is 0 Å². The number of ether oxygens (including phenoxy) is 2. The number of hydrogen-bond donors (Lipinski definition) is 2. The van der Waals surface area contributed by atoms with Gasteiger partial charge < -0.3 is 25.0 Å². The van der Waals surface area contributed by atoms with E-state index in [1.807, 2.05) is 43.3 Å². The molecule has 0 spiro atoms. The van der Waals surface area contributed by atoms with E-state index in [1.165, 1.54) is 0 Å². The van der Waals surface area contributed by atoms with Gasteiger partial charge in [0.15, 0.2) is 0 Å². The molecule has 0 saturated heterocycles. The van der Waals surface area contributed by atoms with Crippen LogP contribution in [0, 0.1) is 0 Å². The van der Waals surface area contributed by atoms with Crippen molar-refractivity contribution in [2.75, 3.05) is 43.8 Å². The van der Waals surface area contributed by atoms with Crippen molar-refractivity contribution in [3.8, 4) is 11.5 Å². The van der Waals surface area contributed by atoms with Gasteiger partial charge in [0.25, 0.3) is 0 Å². The van der Waals surface area contributed by atoms with Crippen LogP contribution < -0.4 is 25.0 Å². The van der Waals surface area contributed by atoms with Crippen molar-refractivity contribution in [3.05, 3.63) is 42.5 Å². The van der Waals surface area contributed by atoms with Crippen molar-refractivity contribution in [1.29, 1.82) is 0 Å². The van der Waals surface area contributed by atoms with Crippen LogP contribution in [-0.4, -0.2) is 34.3 Å². The summed E-state index contributed by atoms with van der Waals surface area (Å²) in [4.78, 5) is 14.1. The number of benzene rings is 2. The molecule has 0 aliphatic carbocycles. The Morgan fingerprint density at radius 1 is 0.870 bits per heavy atom. The van der Waals surface area contributed by atoms with Gasteiger partial charge in [0.2, 0.25) is 0 Å². The van der Waals surface area contributed by atoms with Crippen LogP contribution in [-0.2, 0) is 0 Å². The average Bonchev–Trinajstić information content (AvgIpc) is 2.54. The number of urea groups is 1. The normalized spacial score (nSPS) is 9.91. The van der Waals surface area contributed by atoms with Crippen LogP contribution in [0.15, 0.2) is 42.5 Å². The molecule has 2 aromatic rings. The zero-order chi connectivity index (χ0) is 16.8. The maximum absolute atomic E-state index is 12.1. The summed E-state index contributed by atoms with van der Waals surface area (Å²) in [6.07, 6.45) is 0. The maximum Gasteiger partial charge on any atom is 0.323 e. The number of carbonyl (C=O) groups excluding carboxylic acids is 1. The van der Waals surface area contributed by atoms with Gasteiger partial charge in [-0.3, -0.25) is 0 Å². The Bertz CT molecular complexity index is 647. The highest BCUT2D eigenvalue weighted by molar-refractivity contribution is 6.00. The molecule has 0 bridgehead atoms. The van der Waals surface area contributed by atoms with E-state index < -0.39 is 0 Å². The van der Waals surface area contributed by atoms with Gasteiger partial charge in [-0.15, -0.1) is 0 Å². The Kier molecular flexibility index (Phi) is 5.30. The minimum atomic E-state index is -0.335. The van der Waals surface area contributed by atoms with Gasteiger partial charge >= 0.3 is 6.03 Å². The highest BCUT2D eigenvalue weighted by atomic mass is 16.5. The number of methoxy groups -OCH3 is 2. The lowest BCUT2D eigenvalue weighted by molar-refractivity contribution is 0.262. The number of anilines is 3. The summed E-state index contributed by atoms with van der Waals surface area (Å²) in [5.41, 5.74) is 2.36. The summed E-state index contributed by atoms with van der Waals surface area (Å²) in [7, 11) is 7.05. The van der Waals surface area contributed by atoms with Crippen molar-refractivity contribution in [2.45, 2.75) is 0 Å². The highest BCUT2D eigenvalue weighted by Gasteiger charge is 2.06. The van der Waals surface area contributed by atoms with Crippen LogP contribution in [0.2, 0.25) is 0 Å². The van der Waals surface area contributed by atoms with Crippen LogP contribution in [0.3, 0.4) is 0 Å². The minimum absolute atomic E-state index is 0.335. The number of hydrogen-bond acceptors (Lipinski definition) is 4. The fourth-order valence-electron chi connectivity index (χ4n) is 2.02. The third-order valence-corrected chi connectivity index (χ3v) is 3.25. The first kappa shape index (κ1) is 16.5. The fraction of sp³-hybridized carbons (Fsp3) is 0.235. The zero-order valence-electron chi connectivity index (χ0n) is 13.7. The van der Waals surface area contributed by atoms with Gasteiger partial charge in [0.05, 0.1) is 14.2 Å². The first-order chi connectivity index (χ1) is 11.0. The lowest BCUT2D eigenvalue weighted by Crippen LogP contribution is -2.19. The smallest absolute Gasteiger partial charge is 0.323 e. The molecule has 0 fully saturated rings. The molecule has 0 atom stereocenters. The summed E-state index contributed by atoms with van der Waals surface area (Å²) >= 11 is 0. The van der Waals surface area contributed by atoms with Gasteiger partial charge in [-0.2, -0.15) is 0 Å². The van der Waals surface area contributed by atoms with Gasteiger partial charge in [-0.25, -0.2) is 4.79 Å². The molecule has 0 aliphatic rings. The third-order valence-electron chi connectivity index (χ3n) is 3.25. The molecule has 0 radical (unpaired) electrons. The lowest BCUT2D eigenvalue weighted by atomic mass is 10.2. The molecule has 2 aromatic carbocycles. The van der Waals surface area contributed by atoms with E-state index in [-0.39, 0.29) is 6.03 Å². The first-order valence-electron chi connectivity index (χ1n) is 7.10. The van der Waals surface area contributed by atoms with E-state index in [4.69, 9.17) is 9.47 Å². The van der Waals surface area contributed by atoms with E-state index in [1.54, 1.807) is 32.4 Å². The molecule has 0 unspecified atom stereocenters. The standard InChI is InChI=1S/C17H21N3O3/c1-20(2)14-7-5-12(6-8-14)18-17(21)19-13-9-15(22-3)11-16(10-13)23-4/h5-11H,1-4H3,(H2,18,19,21). The zero-order valence-corrected chi connectivity index (χ0v) is 13.7. The summed E-state index contributed by atoms with van der Waals surface area (Å²) in [5.74, 6) is 1.21. The monoisotopic (exact) mass is 315 g/mol. The van der Waals surface area contributed by atoms with Gasteiger partial charge in [-0.05, 0) is 24.3 Å². The molecule has 2 N–H and O–H groups in total. The summed E-state index contributed by atoms with van der Waals surface area (Å²) in [6, 6.07) is 12.4. The Labute approximate surface area is 136 Å². The van der Waals surface area contributed by atoms with Crippen LogP contribution in [0.5, 0.6) is 11.5 Å². The quantitative estimate of drug-likeness (QED) is 0.887. The van der Waals surface area contributed by atoms with Crippen molar-refractivity contribution >= 4 is 23.1 Å². The first-order valence-corrected chi connectivity index (χ1v) is 7.10. The number of rotatable bonds is 5. The number of nitrogens with zero attached hydrogens (tertiary/aromatic N) is 1. The molecule has 0 heterocycles. The van der Waals surface area contributed by atoms with Crippen molar-refractivity contribution in [1.82, 2.24) is 0 Å². The lowest BCUT2D eigenvalue weighted by Gasteiger charge is -2.13. The molecule has 122 valence electrons. The van der Waals surface area contributed by atoms with E-state index in [2.05, 4.69) is 10.6 Å². The number of amides is 2. The molecular weight excluding hydrogens is 294 g/mol. The van der Waals surface area contributed by atoms with Crippen LogP contribution in [0.25, 0.3) is 0 Å². The van der Waals surface area contributed by atoms with E-state index >= 15 is 0 Å². The Hall–Kier alpha value is -2.89. The second-order valence-electron chi connectivity index (χ2n) is 5.12. The van der Waals surface area contributed by atoms with Gasteiger partial charge in [0, 0.05) is 49.4 Å². The molecule has 0 aromatic heterocycles. The van der Waals surface area contributed by atoms with Crippen molar-refractivity contribution in [3.63, 3.8) is 0 Å². The van der Waals surface area contributed by atoms with E-state index in [0.29, 0.717) is 22.9 Å². The topological polar surface area (TPSA) is 62.8 Å². The summed E-state index contributed by atoms with van der Waals surface area (Å²) in [6.45, 7) is 0. The van der Waals surface area contributed by atoms with Crippen molar-refractivity contribution < 1.29 is 14.3 Å². The third kappa shape index (κ3) is 4.54. The summed E-state index contributed by atoms with van der Waals surface area (Å²) in [5, 5.41) is 5.54. The maximum atomic E-state index is 12.1. The Morgan fingerprint density at radius 2 is 1.39 bits per heavy atom. The predicted octanol–water partition coefficient (Wildman–Crippen LogP) is 3.41. The largest absolute Gasteiger partial charge is 0.497 e. The fourth-order valence-corrected chi connectivity index (χ4v) is 2.02. The minimum Gasteiger partial charge on any atom is -0.497 e. The predicted molar refractivity (Wildman–Crippen MR) is 93.0 cm³/mol. The van der Waals surface area contributed by atoms with E-state index in [0.717, 1.165) is 5.69 Å².